The molecule has 1 saturated heterocycles. The average Bonchev–Trinajstić information content (AvgIpc) is 2.85. The number of anilines is 1. The number of amides is 1. The van der Waals surface area contributed by atoms with Crippen molar-refractivity contribution in [2.75, 3.05) is 12.3 Å². The highest BCUT2D eigenvalue weighted by molar-refractivity contribution is 5.96. The molecule has 0 spiro atoms. The second-order valence-electron chi connectivity index (χ2n) is 4.73. The first-order valence-electron chi connectivity index (χ1n) is 6.39. The third-order valence-electron chi connectivity index (χ3n) is 3.58. The van der Waals surface area contributed by atoms with Gasteiger partial charge in [-0.3, -0.25) is 14.9 Å². The molecule has 102 valence electrons. The minimum atomic E-state index is -0.547. The molecule has 0 saturated carbocycles. The second-order valence-corrected chi connectivity index (χ2v) is 4.73. The molecule has 1 amide bonds. The third kappa shape index (κ3) is 2.52. The fourth-order valence-corrected chi connectivity index (χ4v) is 2.55. The number of carbonyl (C=O) groups excluding carboxylic acids is 1. The summed E-state index contributed by atoms with van der Waals surface area (Å²) >= 11 is 0. The van der Waals surface area contributed by atoms with Gasteiger partial charge in [0, 0.05) is 24.2 Å². The predicted molar refractivity (Wildman–Crippen MR) is 71.9 cm³/mol. The molecule has 1 fully saturated rings. The van der Waals surface area contributed by atoms with Crippen LogP contribution in [-0.2, 0) is 0 Å². The van der Waals surface area contributed by atoms with Gasteiger partial charge < -0.3 is 10.6 Å². The summed E-state index contributed by atoms with van der Waals surface area (Å²) in [7, 11) is 0. The van der Waals surface area contributed by atoms with Crippen LogP contribution in [0.1, 0.15) is 36.5 Å². The van der Waals surface area contributed by atoms with E-state index in [1.165, 1.54) is 18.2 Å². The van der Waals surface area contributed by atoms with Crippen LogP contribution in [0.4, 0.5) is 11.4 Å². The highest BCUT2D eigenvalue weighted by Gasteiger charge is 2.28. The number of hydrogen-bond donors (Lipinski definition) is 1. The van der Waals surface area contributed by atoms with Crippen LogP contribution in [0.25, 0.3) is 0 Å². The number of rotatable bonds is 3. The van der Waals surface area contributed by atoms with Crippen molar-refractivity contribution in [3.05, 3.63) is 33.9 Å². The Hall–Kier alpha value is -2.11. The summed E-state index contributed by atoms with van der Waals surface area (Å²) in [6.07, 6.45) is 2.95. The molecule has 1 aliphatic heterocycles. The van der Waals surface area contributed by atoms with Gasteiger partial charge >= 0.3 is 0 Å². The molecule has 1 aliphatic rings. The Balaban J connectivity index is 2.25. The number of nitrogens with zero attached hydrogens (tertiary/aromatic N) is 2. The summed E-state index contributed by atoms with van der Waals surface area (Å²) in [5.74, 6) is -0.0917. The van der Waals surface area contributed by atoms with Gasteiger partial charge in [-0.05, 0) is 31.4 Å². The SMILES string of the molecule is CCC1CCCN1C(=O)c1ccc([N+](=O)[O-])c(N)c1. The highest BCUT2D eigenvalue weighted by Crippen LogP contribution is 2.26. The van der Waals surface area contributed by atoms with Crippen molar-refractivity contribution < 1.29 is 9.72 Å². The van der Waals surface area contributed by atoms with Gasteiger partial charge in [-0.25, -0.2) is 0 Å². The molecule has 1 aromatic carbocycles. The molecular weight excluding hydrogens is 246 g/mol. The number of hydrogen-bond acceptors (Lipinski definition) is 4. The molecule has 1 atom stereocenters. The van der Waals surface area contributed by atoms with Gasteiger partial charge in [0.15, 0.2) is 0 Å². The average molecular weight is 263 g/mol. The lowest BCUT2D eigenvalue weighted by Crippen LogP contribution is -2.35. The second kappa shape index (κ2) is 5.26. The maximum absolute atomic E-state index is 12.4. The van der Waals surface area contributed by atoms with E-state index < -0.39 is 4.92 Å². The van der Waals surface area contributed by atoms with E-state index in [1.807, 2.05) is 4.90 Å². The fraction of sp³-hybridized carbons (Fsp3) is 0.462. The smallest absolute Gasteiger partial charge is 0.292 e. The topological polar surface area (TPSA) is 89.5 Å². The van der Waals surface area contributed by atoms with Crippen LogP contribution in [0.5, 0.6) is 0 Å². The first-order chi connectivity index (χ1) is 9.04. The summed E-state index contributed by atoms with van der Waals surface area (Å²) in [6.45, 7) is 2.80. The standard InChI is InChI=1S/C13H17N3O3/c1-2-10-4-3-7-15(10)13(17)9-5-6-12(16(18)19)11(14)8-9/h5-6,8,10H,2-4,7,14H2,1H3. The Kier molecular flexibility index (Phi) is 3.69. The van der Waals surface area contributed by atoms with Crippen molar-refractivity contribution in [1.29, 1.82) is 0 Å². The summed E-state index contributed by atoms with van der Waals surface area (Å²) in [4.78, 5) is 24.3. The molecule has 6 nitrogen and oxygen atoms in total. The molecule has 2 N–H and O–H groups in total. The highest BCUT2D eigenvalue weighted by atomic mass is 16.6. The zero-order valence-corrected chi connectivity index (χ0v) is 10.8. The summed E-state index contributed by atoms with van der Waals surface area (Å²) in [5, 5.41) is 10.7. The normalized spacial score (nSPS) is 18.6. The summed E-state index contributed by atoms with van der Waals surface area (Å²) in [6, 6.07) is 4.43. The molecule has 0 bridgehead atoms. The van der Waals surface area contributed by atoms with Crippen LogP contribution < -0.4 is 5.73 Å². The summed E-state index contributed by atoms with van der Waals surface area (Å²) in [5.41, 5.74) is 5.90. The van der Waals surface area contributed by atoms with Crippen LogP contribution in [0.3, 0.4) is 0 Å². The Bertz CT molecular complexity index is 516. The van der Waals surface area contributed by atoms with Crippen LogP contribution in [0, 0.1) is 10.1 Å². The lowest BCUT2D eigenvalue weighted by Gasteiger charge is -2.23. The molecule has 0 aliphatic carbocycles. The lowest BCUT2D eigenvalue weighted by atomic mass is 10.1. The monoisotopic (exact) mass is 263 g/mol. The molecular formula is C13H17N3O3. The van der Waals surface area contributed by atoms with E-state index in [1.54, 1.807) is 0 Å². The maximum Gasteiger partial charge on any atom is 0.292 e. The largest absolute Gasteiger partial charge is 0.393 e. The van der Waals surface area contributed by atoms with Crippen molar-refractivity contribution in [1.82, 2.24) is 4.90 Å². The van der Waals surface area contributed by atoms with Crippen LogP contribution in [0.2, 0.25) is 0 Å². The molecule has 0 radical (unpaired) electrons. The van der Waals surface area contributed by atoms with E-state index in [-0.39, 0.29) is 23.3 Å². The van der Waals surface area contributed by atoms with Gasteiger partial charge in [0.2, 0.25) is 0 Å². The number of nitro groups is 1. The lowest BCUT2D eigenvalue weighted by molar-refractivity contribution is -0.383. The van der Waals surface area contributed by atoms with Gasteiger partial charge in [0.05, 0.1) is 4.92 Å². The minimum absolute atomic E-state index is 0.0306. The number of benzene rings is 1. The third-order valence-corrected chi connectivity index (χ3v) is 3.58. The zero-order chi connectivity index (χ0) is 14.0. The fourth-order valence-electron chi connectivity index (χ4n) is 2.55. The molecule has 1 heterocycles. The zero-order valence-electron chi connectivity index (χ0n) is 10.8. The maximum atomic E-state index is 12.4. The number of nitrogens with two attached hydrogens (primary N) is 1. The van der Waals surface area contributed by atoms with Gasteiger partial charge in [0.1, 0.15) is 5.69 Å². The first-order valence-corrected chi connectivity index (χ1v) is 6.39. The van der Waals surface area contributed by atoms with Crippen molar-refractivity contribution in [3.63, 3.8) is 0 Å². The van der Waals surface area contributed by atoms with Crippen LogP contribution in [-0.4, -0.2) is 28.3 Å². The Morgan fingerprint density at radius 1 is 1.58 bits per heavy atom. The van der Waals surface area contributed by atoms with E-state index in [0.29, 0.717) is 5.56 Å². The number of nitrogen functional groups attached to an aromatic ring is 1. The van der Waals surface area contributed by atoms with E-state index in [0.717, 1.165) is 25.8 Å². The van der Waals surface area contributed by atoms with Gasteiger partial charge in [-0.1, -0.05) is 6.92 Å². The van der Waals surface area contributed by atoms with Gasteiger partial charge in [-0.15, -0.1) is 0 Å². The Labute approximate surface area is 111 Å². The van der Waals surface area contributed by atoms with E-state index in [9.17, 15) is 14.9 Å². The van der Waals surface area contributed by atoms with Crippen LogP contribution in [0.15, 0.2) is 18.2 Å². The van der Waals surface area contributed by atoms with E-state index >= 15 is 0 Å². The van der Waals surface area contributed by atoms with Gasteiger partial charge in [0.25, 0.3) is 11.6 Å². The quantitative estimate of drug-likeness (QED) is 0.514. The molecule has 6 heteroatoms. The van der Waals surface area contributed by atoms with Crippen molar-refractivity contribution in [2.24, 2.45) is 0 Å². The van der Waals surface area contributed by atoms with E-state index in [4.69, 9.17) is 5.73 Å². The first kappa shape index (κ1) is 13.3. The summed E-state index contributed by atoms with van der Waals surface area (Å²) < 4.78 is 0. The number of carbonyl (C=O) groups is 1. The number of likely N-dealkylation sites (tertiary alicyclic amines) is 1. The van der Waals surface area contributed by atoms with Gasteiger partial charge in [-0.2, -0.15) is 0 Å². The molecule has 1 unspecified atom stereocenters. The Morgan fingerprint density at radius 2 is 2.32 bits per heavy atom. The van der Waals surface area contributed by atoms with Crippen molar-refractivity contribution in [3.8, 4) is 0 Å². The van der Waals surface area contributed by atoms with Crippen LogP contribution >= 0.6 is 0 Å². The van der Waals surface area contributed by atoms with E-state index in [2.05, 4.69) is 6.92 Å². The Morgan fingerprint density at radius 3 is 2.89 bits per heavy atom. The minimum Gasteiger partial charge on any atom is -0.393 e. The van der Waals surface area contributed by atoms with Crippen molar-refractivity contribution in [2.45, 2.75) is 32.2 Å². The van der Waals surface area contributed by atoms with Crippen molar-refractivity contribution >= 4 is 17.3 Å². The number of nitro benzene ring substituents is 1. The molecule has 19 heavy (non-hydrogen) atoms. The predicted octanol–water partition coefficient (Wildman–Crippen LogP) is 2.19. The molecule has 0 aromatic heterocycles. The molecule has 2 rings (SSSR count). The molecule has 1 aromatic rings.